The van der Waals surface area contributed by atoms with Gasteiger partial charge in [-0.15, -0.1) is 0 Å². The number of methoxy groups -OCH3 is 1. The van der Waals surface area contributed by atoms with Crippen molar-refractivity contribution in [3.8, 4) is 0 Å². The second-order valence-electron chi connectivity index (χ2n) is 4.56. The number of hydrogen-bond acceptors (Lipinski definition) is 4. The Balaban J connectivity index is 4.12. The smallest absolute Gasteiger partial charge is 0.237 e. The molecule has 0 aliphatic heterocycles. The van der Waals surface area contributed by atoms with Crippen molar-refractivity contribution < 1.29 is 9.53 Å². The average Bonchev–Trinajstić information content (AvgIpc) is 2.23. The van der Waals surface area contributed by atoms with Crippen LogP contribution in [0.3, 0.4) is 0 Å². The summed E-state index contributed by atoms with van der Waals surface area (Å²) in [5, 5.41) is 0. The number of ether oxygens (including phenoxy) is 1. The van der Waals surface area contributed by atoms with Crippen molar-refractivity contribution in [2.24, 2.45) is 17.7 Å². The molecule has 0 radical (unpaired) electrons. The zero-order valence-electron chi connectivity index (χ0n) is 10.8. The normalized spacial score (nSPS) is 13.2. The van der Waals surface area contributed by atoms with Gasteiger partial charge in [0, 0.05) is 32.7 Å². The van der Waals surface area contributed by atoms with Gasteiger partial charge >= 0.3 is 0 Å². The molecule has 0 rings (SSSR count). The van der Waals surface area contributed by atoms with Gasteiger partial charge in [0.1, 0.15) is 0 Å². The highest BCUT2D eigenvalue weighted by molar-refractivity contribution is 5.77. The van der Waals surface area contributed by atoms with Gasteiger partial charge in [-0.25, -0.2) is 5.84 Å². The lowest BCUT2D eigenvalue weighted by atomic mass is 10.1. The van der Waals surface area contributed by atoms with E-state index in [0.29, 0.717) is 19.1 Å². The maximum atomic E-state index is 11.3. The first-order valence-electron chi connectivity index (χ1n) is 5.73. The van der Waals surface area contributed by atoms with E-state index in [1.165, 1.54) is 0 Å². The third-order valence-electron chi connectivity index (χ3n) is 2.36. The number of amides is 1. The number of rotatable bonds is 8. The van der Waals surface area contributed by atoms with Crippen molar-refractivity contribution in [3.05, 3.63) is 0 Å². The second kappa shape index (κ2) is 8.50. The lowest BCUT2D eigenvalue weighted by Gasteiger charge is -2.26. The standard InChI is InChI=1S/C11H25N3O2/c1-9(2)7-14(5-6-16-4)8-10(3)11(15)13-12/h9-10H,5-8,12H2,1-4H3,(H,13,15). The van der Waals surface area contributed by atoms with Crippen LogP contribution in [-0.4, -0.2) is 44.2 Å². The number of hydrogen-bond donors (Lipinski definition) is 2. The van der Waals surface area contributed by atoms with Gasteiger partial charge in [-0.1, -0.05) is 20.8 Å². The van der Waals surface area contributed by atoms with Crippen LogP contribution in [0, 0.1) is 11.8 Å². The molecule has 96 valence electrons. The van der Waals surface area contributed by atoms with Crippen molar-refractivity contribution in [2.75, 3.05) is 33.4 Å². The molecule has 1 amide bonds. The summed E-state index contributed by atoms with van der Waals surface area (Å²) < 4.78 is 5.06. The highest BCUT2D eigenvalue weighted by atomic mass is 16.5. The predicted molar refractivity (Wildman–Crippen MR) is 64.6 cm³/mol. The van der Waals surface area contributed by atoms with Crippen LogP contribution in [0.4, 0.5) is 0 Å². The predicted octanol–water partition coefficient (Wildman–Crippen LogP) is 0.217. The zero-order valence-corrected chi connectivity index (χ0v) is 10.8. The minimum absolute atomic E-state index is 0.0967. The third-order valence-corrected chi connectivity index (χ3v) is 2.36. The van der Waals surface area contributed by atoms with Crippen LogP contribution in [-0.2, 0) is 9.53 Å². The molecule has 5 heteroatoms. The molecule has 0 saturated heterocycles. The highest BCUT2D eigenvalue weighted by Crippen LogP contribution is 2.04. The maximum Gasteiger partial charge on any atom is 0.237 e. The minimum atomic E-state index is -0.119. The van der Waals surface area contributed by atoms with Gasteiger partial charge in [0.05, 0.1) is 6.61 Å². The Hall–Kier alpha value is -0.650. The summed E-state index contributed by atoms with van der Waals surface area (Å²) in [4.78, 5) is 13.5. The Labute approximate surface area is 98.3 Å². The number of carbonyl (C=O) groups is 1. The molecular formula is C11H25N3O2. The average molecular weight is 231 g/mol. The fourth-order valence-corrected chi connectivity index (χ4v) is 1.61. The Bertz CT molecular complexity index is 198. The summed E-state index contributed by atoms with van der Waals surface area (Å²) in [7, 11) is 1.68. The molecule has 0 aromatic rings. The molecule has 16 heavy (non-hydrogen) atoms. The van der Waals surface area contributed by atoms with E-state index >= 15 is 0 Å². The third kappa shape index (κ3) is 6.76. The van der Waals surface area contributed by atoms with Crippen molar-refractivity contribution in [1.82, 2.24) is 10.3 Å². The molecule has 0 aromatic heterocycles. The van der Waals surface area contributed by atoms with E-state index in [4.69, 9.17) is 10.6 Å². The zero-order chi connectivity index (χ0) is 12.6. The minimum Gasteiger partial charge on any atom is -0.383 e. The van der Waals surface area contributed by atoms with Crippen LogP contribution in [0.5, 0.6) is 0 Å². The summed E-state index contributed by atoms with van der Waals surface area (Å²) in [6, 6.07) is 0. The van der Waals surface area contributed by atoms with E-state index < -0.39 is 0 Å². The van der Waals surface area contributed by atoms with E-state index in [2.05, 4.69) is 24.2 Å². The summed E-state index contributed by atoms with van der Waals surface area (Å²) in [5.41, 5.74) is 2.18. The van der Waals surface area contributed by atoms with Gasteiger partial charge in [0.15, 0.2) is 0 Å². The van der Waals surface area contributed by atoms with Gasteiger partial charge in [-0.3, -0.25) is 10.2 Å². The molecule has 5 nitrogen and oxygen atoms in total. The first kappa shape index (κ1) is 15.3. The molecule has 0 bridgehead atoms. The van der Waals surface area contributed by atoms with Crippen LogP contribution in [0.25, 0.3) is 0 Å². The Morgan fingerprint density at radius 3 is 2.44 bits per heavy atom. The van der Waals surface area contributed by atoms with E-state index in [0.717, 1.165) is 13.1 Å². The van der Waals surface area contributed by atoms with E-state index in [1.807, 2.05) is 6.92 Å². The first-order valence-corrected chi connectivity index (χ1v) is 5.73. The fourth-order valence-electron chi connectivity index (χ4n) is 1.61. The van der Waals surface area contributed by atoms with Crippen LogP contribution in [0.2, 0.25) is 0 Å². The SMILES string of the molecule is COCCN(CC(C)C)CC(C)C(=O)NN. The summed E-state index contributed by atoms with van der Waals surface area (Å²) >= 11 is 0. The maximum absolute atomic E-state index is 11.3. The Morgan fingerprint density at radius 2 is 2.00 bits per heavy atom. The summed E-state index contributed by atoms with van der Waals surface area (Å²) in [6.45, 7) is 9.40. The van der Waals surface area contributed by atoms with Crippen LogP contribution >= 0.6 is 0 Å². The van der Waals surface area contributed by atoms with Crippen molar-refractivity contribution >= 4 is 5.91 Å². The van der Waals surface area contributed by atoms with Crippen LogP contribution < -0.4 is 11.3 Å². The molecule has 0 spiro atoms. The van der Waals surface area contributed by atoms with Gasteiger partial charge in [-0.05, 0) is 5.92 Å². The Morgan fingerprint density at radius 1 is 1.38 bits per heavy atom. The number of nitrogens with two attached hydrogens (primary N) is 1. The van der Waals surface area contributed by atoms with Gasteiger partial charge < -0.3 is 9.64 Å². The molecule has 1 unspecified atom stereocenters. The first-order chi connectivity index (χ1) is 7.51. The van der Waals surface area contributed by atoms with E-state index in [1.54, 1.807) is 7.11 Å². The van der Waals surface area contributed by atoms with E-state index in [9.17, 15) is 4.79 Å². The van der Waals surface area contributed by atoms with E-state index in [-0.39, 0.29) is 11.8 Å². The monoisotopic (exact) mass is 231 g/mol. The molecule has 1 atom stereocenters. The van der Waals surface area contributed by atoms with Gasteiger partial charge in [0.2, 0.25) is 5.91 Å². The largest absolute Gasteiger partial charge is 0.383 e. The van der Waals surface area contributed by atoms with Crippen molar-refractivity contribution in [1.29, 1.82) is 0 Å². The van der Waals surface area contributed by atoms with Crippen molar-refractivity contribution in [2.45, 2.75) is 20.8 Å². The fraction of sp³-hybridized carbons (Fsp3) is 0.909. The molecular weight excluding hydrogens is 206 g/mol. The molecule has 0 aliphatic rings. The van der Waals surface area contributed by atoms with Gasteiger partial charge in [-0.2, -0.15) is 0 Å². The molecule has 0 aliphatic carbocycles. The lowest BCUT2D eigenvalue weighted by Crippen LogP contribution is -2.42. The van der Waals surface area contributed by atoms with Crippen LogP contribution in [0.15, 0.2) is 0 Å². The molecule has 0 saturated carbocycles. The van der Waals surface area contributed by atoms with Crippen LogP contribution in [0.1, 0.15) is 20.8 Å². The number of carbonyl (C=O) groups excluding carboxylic acids is 1. The molecule has 3 N–H and O–H groups in total. The summed E-state index contributed by atoms with van der Waals surface area (Å²) in [5.74, 6) is 5.47. The quantitative estimate of drug-likeness (QED) is 0.356. The molecule has 0 heterocycles. The Kier molecular flexibility index (Phi) is 8.15. The van der Waals surface area contributed by atoms with Gasteiger partial charge in [0.25, 0.3) is 0 Å². The molecule has 0 fully saturated rings. The summed E-state index contributed by atoms with van der Waals surface area (Å²) in [6.07, 6.45) is 0. The molecule has 0 aromatic carbocycles. The highest BCUT2D eigenvalue weighted by Gasteiger charge is 2.16. The second-order valence-corrected chi connectivity index (χ2v) is 4.56. The number of nitrogens with zero attached hydrogens (tertiary/aromatic N) is 1. The van der Waals surface area contributed by atoms with Crippen molar-refractivity contribution in [3.63, 3.8) is 0 Å². The topological polar surface area (TPSA) is 67.6 Å². The lowest BCUT2D eigenvalue weighted by molar-refractivity contribution is -0.125. The number of hydrazine groups is 1. The number of nitrogens with one attached hydrogen (secondary N) is 1.